The molecule has 0 bridgehead atoms. The van der Waals surface area contributed by atoms with Crippen LogP contribution in [0.3, 0.4) is 0 Å². The van der Waals surface area contributed by atoms with E-state index in [9.17, 15) is 23.1 Å². The lowest BCUT2D eigenvalue weighted by molar-refractivity contribution is -0.705. The molecule has 6 nitrogen and oxygen atoms in total. The van der Waals surface area contributed by atoms with E-state index in [1.807, 2.05) is 0 Å². The number of hydrogen-bond donors (Lipinski definition) is 1. The summed E-state index contributed by atoms with van der Waals surface area (Å²) < 4.78 is 44.0. The molecule has 3 aromatic rings. The van der Waals surface area contributed by atoms with Crippen LogP contribution in [-0.2, 0) is 11.0 Å². The lowest BCUT2D eigenvalue weighted by atomic mass is 10.2. The van der Waals surface area contributed by atoms with Crippen molar-refractivity contribution in [1.29, 1.82) is 0 Å². The van der Waals surface area contributed by atoms with Gasteiger partial charge in [0.05, 0.1) is 16.6 Å². The van der Waals surface area contributed by atoms with Crippen LogP contribution in [0.25, 0.3) is 5.69 Å². The highest BCUT2D eigenvalue weighted by molar-refractivity contribution is 7.99. The summed E-state index contributed by atoms with van der Waals surface area (Å²) in [7, 11) is 0. The second-order valence-electron chi connectivity index (χ2n) is 5.33. The molecular weight excluding hydrogens is 383 g/mol. The van der Waals surface area contributed by atoms with Crippen molar-refractivity contribution in [3.05, 3.63) is 60.2 Å². The summed E-state index contributed by atoms with van der Waals surface area (Å²) in [6.07, 6.45) is -4.50. The van der Waals surface area contributed by atoms with E-state index in [4.69, 9.17) is 0 Å². The molecule has 10 heteroatoms. The Bertz CT molecular complexity index is 945. The summed E-state index contributed by atoms with van der Waals surface area (Å²) in [6.45, 7) is 0. The Morgan fingerprint density at radius 1 is 1.19 bits per heavy atom. The summed E-state index contributed by atoms with van der Waals surface area (Å²) in [6, 6.07) is 13.0. The highest BCUT2D eigenvalue weighted by Gasteiger charge is 2.30. The molecule has 2 aromatic carbocycles. The largest absolute Gasteiger partial charge is 0.538 e. The molecule has 1 amide bonds. The van der Waals surface area contributed by atoms with Crippen LogP contribution >= 0.6 is 11.8 Å². The predicted octanol–water partition coefficient (Wildman–Crippen LogP) is 2.77. The molecular formula is C17H12F3N3O3S. The molecule has 0 fully saturated rings. The van der Waals surface area contributed by atoms with Gasteiger partial charge in [-0.2, -0.15) is 13.2 Å². The Morgan fingerprint density at radius 2 is 1.93 bits per heavy atom. The molecule has 0 unspecified atom stereocenters. The predicted molar refractivity (Wildman–Crippen MR) is 88.3 cm³/mol. The first-order valence-corrected chi connectivity index (χ1v) is 8.57. The van der Waals surface area contributed by atoms with Gasteiger partial charge in [-0.05, 0) is 34.6 Å². The van der Waals surface area contributed by atoms with Crippen molar-refractivity contribution < 1.29 is 32.3 Å². The number of thioether (sulfide) groups is 1. The number of carbonyl (C=O) groups is 1. The standard InChI is InChI=1S/C17H12F3N3O3S/c18-17(19,20)11-5-4-6-12(9-11)21-14(24)10-27-15-16(25)26-22-23(15)13-7-2-1-3-8-13/h1-9H,10H2,(H-,21,22,24,25). The van der Waals surface area contributed by atoms with E-state index in [1.54, 1.807) is 30.3 Å². The van der Waals surface area contributed by atoms with E-state index in [0.29, 0.717) is 5.69 Å². The first-order valence-electron chi connectivity index (χ1n) is 7.59. The third kappa shape index (κ3) is 4.59. The van der Waals surface area contributed by atoms with Gasteiger partial charge in [-0.15, -0.1) is 0 Å². The summed E-state index contributed by atoms with van der Waals surface area (Å²) in [5, 5.41) is 17.9. The highest BCUT2D eigenvalue weighted by atomic mass is 32.2. The zero-order chi connectivity index (χ0) is 19.4. The Kier molecular flexibility index (Phi) is 5.36. The number of halogens is 3. The Labute approximate surface area is 155 Å². The molecule has 0 atom stereocenters. The summed E-state index contributed by atoms with van der Waals surface area (Å²) in [4.78, 5) is 12.1. The molecule has 140 valence electrons. The Morgan fingerprint density at radius 3 is 2.63 bits per heavy atom. The summed E-state index contributed by atoms with van der Waals surface area (Å²) in [5.74, 6) is -1.49. The summed E-state index contributed by atoms with van der Waals surface area (Å²) in [5.41, 5.74) is -0.279. The molecule has 0 saturated carbocycles. The molecule has 27 heavy (non-hydrogen) atoms. The fourth-order valence-corrected chi connectivity index (χ4v) is 2.95. The van der Waals surface area contributed by atoms with Gasteiger partial charge in [-0.1, -0.05) is 24.3 Å². The van der Waals surface area contributed by atoms with Crippen molar-refractivity contribution in [2.75, 3.05) is 11.1 Å². The SMILES string of the molecule is O=C(CSc1c([O-])on[n+]1-c1ccccc1)Nc1cccc(C(F)(F)F)c1. The van der Waals surface area contributed by atoms with Gasteiger partial charge in [-0.25, -0.2) is 0 Å². The third-order valence-electron chi connectivity index (χ3n) is 3.39. The van der Waals surface area contributed by atoms with Crippen molar-refractivity contribution in [1.82, 2.24) is 5.27 Å². The number of nitrogens with zero attached hydrogens (tertiary/aromatic N) is 2. The van der Waals surface area contributed by atoms with Crippen molar-refractivity contribution >= 4 is 23.4 Å². The van der Waals surface area contributed by atoms with Crippen LogP contribution in [0.1, 0.15) is 5.56 Å². The lowest BCUT2D eigenvalue weighted by Gasteiger charge is -2.09. The molecule has 0 aliphatic rings. The Balaban J connectivity index is 1.68. The minimum Gasteiger partial charge on any atom is -0.538 e. The number of rotatable bonds is 5. The lowest BCUT2D eigenvalue weighted by Crippen LogP contribution is -2.35. The zero-order valence-corrected chi connectivity index (χ0v) is 14.4. The number of benzene rings is 2. The van der Waals surface area contributed by atoms with Crippen molar-refractivity contribution in [2.24, 2.45) is 0 Å². The zero-order valence-electron chi connectivity index (χ0n) is 13.6. The fraction of sp³-hybridized carbons (Fsp3) is 0.118. The number of amides is 1. The minimum absolute atomic E-state index is 0.0130. The molecule has 0 aliphatic carbocycles. The van der Waals surface area contributed by atoms with Gasteiger partial charge in [0.25, 0.3) is 5.03 Å². The first kappa shape index (κ1) is 18.8. The first-order chi connectivity index (χ1) is 12.8. The smallest absolute Gasteiger partial charge is 0.416 e. The quantitative estimate of drug-likeness (QED) is 0.531. The van der Waals surface area contributed by atoms with Crippen LogP contribution in [0.5, 0.6) is 5.95 Å². The third-order valence-corrected chi connectivity index (χ3v) is 4.41. The van der Waals surface area contributed by atoms with E-state index >= 15 is 0 Å². The topological polar surface area (TPSA) is 82.1 Å². The molecule has 3 rings (SSSR count). The van der Waals surface area contributed by atoms with Crippen LogP contribution in [0.4, 0.5) is 18.9 Å². The molecule has 0 saturated heterocycles. The van der Waals surface area contributed by atoms with E-state index < -0.39 is 23.6 Å². The van der Waals surface area contributed by atoms with E-state index in [-0.39, 0.29) is 16.5 Å². The van der Waals surface area contributed by atoms with Gasteiger partial charge in [0.15, 0.2) is 5.95 Å². The fourth-order valence-electron chi connectivity index (χ4n) is 2.20. The van der Waals surface area contributed by atoms with Gasteiger partial charge in [0, 0.05) is 17.8 Å². The monoisotopic (exact) mass is 395 g/mol. The second kappa shape index (κ2) is 7.70. The number of aromatic nitrogens is 2. The van der Waals surface area contributed by atoms with Gasteiger partial charge in [0.1, 0.15) is 0 Å². The minimum atomic E-state index is -4.50. The number of nitrogens with one attached hydrogen (secondary N) is 1. The van der Waals surface area contributed by atoms with Gasteiger partial charge in [0.2, 0.25) is 11.6 Å². The maximum absolute atomic E-state index is 12.7. The molecule has 0 aliphatic heterocycles. The maximum atomic E-state index is 12.7. The number of anilines is 1. The van der Waals surface area contributed by atoms with Crippen LogP contribution in [0.2, 0.25) is 0 Å². The second-order valence-corrected chi connectivity index (χ2v) is 6.29. The summed E-state index contributed by atoms with van der Waals surface area (Å²) >= 11 is 0.872. The van der Waals surface area contributed by atoms with Crippen LogP contribution in [0, 0.1) is 0 Å². The van der Waals surface area contributed by atoms with Crippen LogP contribution < -0.4 is 15.1 Å². The van der Waals surface area contributed by atoms with Gasteiger partial charge in [-0.3, -0.25) is 4.79 Å². The average molecular weight is 395 g/mol. The normalized spacial score (nSPS) is 11.4. The van der Waals surface area contributed by atoms with Gasteiger partial charge >= 0.3 is 6.18 Å². The molecule has 0 spiro atoms. The van der Waals surface area contributed by atoms with E-state index in [1.165, 1.54) is 16.8 Å². The molecule has 1 aromatic heterocycles. The highest BCUT2D eigenvalue weighted by Crippen LogP contribution is 2.30. The van der Waals surface area contributed by atoms with Crippen LogP contribution in [0.15, 0.2) is 64.1 Å². The number of carbonyl (C=O) groups excluding carboxylic acids is 1. The Hall–Kier alpha value is -3.01. The number of hydrogen-bond acceptors (Lipinski definition) is 5. The van der Waals surface area contributed by atoms with Crippen molar-refractivity contribution in [3.8, 4) is 11.6 Å². The number of alkyl halides is 3. The molecule has 1 N–H and O–H groups in total. The van der Waals surface area contributed by atoms with Gasteiger partial charge < -0.3 is 14.9 Å². The van der Waals surface area contributed by atoms with Crippen molar-refractivity contribution in [3.63, 3.8) is 0 Å². The molecule has 1 heterocycles. The maximum Gasteiger partial charge on any atom is 0.416 e. The van der Waals surface area contributed by atoms with E-state index in [2.05, 4.69) is 15.1 Å². The average Bonchev–Trinajstić information content (AvgIpc) is 3.01. The van der Waals surface area contributed by atoms with Crippen LogP contribution in [-0.4, -0.2) is 16.9 Å². The van der Waals surface area contributed by atoms with Crippen molar-refractivity contribution in [2.45, 2.75) is 11.2 Å². The van der Waals surface area contributed by atoms with E-state index in [0.717, 1.165) is 23.9 Å². The molecule has 0 radical (unpaired) electrons. The number of para-hydroxylation sites is 1.